The molecule has 7 heteroatoms. The lowest BCUT2D eigenvalue weighted by molar-refractivity contribution is -0.130. The zero-order chi connectivity index (χ0) is 19.6. The molecule has 7 nitrogen and oxygen atoms in total. The lowest BCUT2D eigenvalue weighted by Crippen LogP contribution is -2.47. The van der Waals surface area contributed by atoms with E-state index in [0.29, 0.717) is 29.5 Å². The van der Waals surface area contributed by atoms with Crippen LogP contribution in [0.2, 0.25) is 0 Å². The van der Waals surface area contributed by atoms with Gasteiger partial charge < -0.3 is 10.1 Å². The van der Waals surface area contributed by atoms with Gasteiger partial charge in [-0.3, -0.25) is 4.79 Å². The highest BCUT2D eigenvalue weighted by Gasteiger charge is 2.30. The largest absolute Gasteiger partial charge is 0.449 e. The van der Waals surface area contributed by atoms with Gasteiger partial charge >= 0.3 is 5.97 Å². The summed E-state index contributed by atoms with van der Waals surface area (Å²) in [4.78, 5) is 24.9. The minimum absolute atomic E-state index is 0.142. The number of aromatic nitrogens is 3. The smallest absolute Gasteiger partial charge is 0.338 e. The van der Waals surface area contributed by atoms with E-state index in [2.05, 4.69) is 29.5 Å². The maximum absolute atomic E-state index is 12.5. The first-order valence-electron chi connectivity index (χ1n) is 9.75. The quantitative estimate of drug-likeness (QED) is 0.816. The van der Waals surface area contributed by atoms with Crippen LogP contribution in [0.15, 0.2) is 18.2 Å². The second-order valence-electron chi connectivity index (χ2n) is 7.54. The highest BCUT2D eigenvalue weighted by Crippen LogP contribution is 2.29. The zero-order valence-corrected chi connectivity index (χ0v) is 16.4. The van der Waals surface area contributed by atoms with Gasteiger partial charge in [0.2, 0.25) is 0 Å². The van der Waals surface area contributed by atoms with Gasteiger partial charge in [0, 0.05) is 12.6 Å². The topological polar surface area (TPSA) is 86.1 Å². The van der Waals surface area contributed by atoms with Crippen molar-refractivity contribution in [1.29, 1.82) is 0 Å². The number of amides is 1. The van der Waals surface area contributed by atoms with E-state index >= 15 is 0 Å². The summed E-state index contributed by atoms with van der Waals surface area (Å²) < 4.78 is 7.13. The monoisotopic (exact) mass is 372 g/mol. The zero-order valence-electron chi connectivity index (χ0n) is 16.4. The average Bonchev–Trinajstić information content (AvgIpc) is 3.07. The van der Waals surface area contributed by atoms with Crippen molar-refractivity contribution >= 4 is 22.9 Å². The van der Waals surface area contributed by atoms with Gasteiger partial charge in [-0.15, -0.1) is 5.10 Å². The molecule has 1 fully saturated rings. The second-order valence-corrected chi connectivity index (χ2v) is 7.54. The summed E-state index contributed by atoms with van der Waals surface area (Å²) in [6.45, 7) is 8.68. The molecule has 0 bridgehead atoms. The maximum atomic E-state index is 12.5. The Hall–Kier alpha value is -2.44. The number of carbonyl (C=O) groups is 2. The Morgan fingerprint density at radius 2 is 2.11 bits per heavy atom. The third kappa shape index (κ3) is 4.12. The number of ether oxygens (including phenoxy) is 1. The fourth-order valence-corrected chi connectivity index (χ4v) is 3.70. The normalized spacial score (nSPS) is 23.8. The number of nitrogens with zero attached hydrogens (tertiary/aromatic N) is 3. The molecule has 1 aliphatic carbocycles. The molecular formula is C20H28N4O3. The Morgan fingerprint density at radius 1 is 1.33 bits per heavy atom. The first-order valence-corrected chi connectivity index (χ1v) is 9.75. The van der Waals surface area contributed by atoms with E-state index in [1.165, 1.54) is 6.42 Å². The number of benzene rings is 1. The van der Waals surface area contributed by atoms with E-state index in [1.54, 1.807) is 29.8 Å². The lowest BCUT2D eigenvalue weighted by atomic mass is 9.78. The minimum atomic E-state index is -0.844. The number of aryl methyl sites for hydroxylation is 1. The van der Waals surface area contributed by atoms with Crippen molar-refractivity contribution in [2.45, 2.75) is 65.6 Å². The molecule has 0 radical (unpaired) electrons. The van der Waals surface area contributed by atoms with E-state index in [0.717, 1.165) is 18.4 Å². The number of fused-ring (bicyclic) bond motifs is 1. The number of hydrogen-bond acceptors (Lipinski definition) is 5. The summed E-state index contributed by atoms with van der Waals surface area (Å²) in [5.41, 5.74) is 1.86. The van der Waals surface area contributed by atoms with Crippen molar-refractivity contribution in [3.05, 3.63) is 23.8 Å². The molecule has 146 valence electrons. The van der Waals surface area contributed by atoms with E-state index < -0.39 is 12.1 Å². The van der Waals surface area contributed by atoms with Gasteiger partial charge in [0.25, 0.3) is 5.91 Å². The summed E-state index contributed by atoms with van der Waals surface area (Å²) in [5, 5.41) is 11.2. The minimum Gasteiger partial charge on any atom is -0.449 e. The maximum Gasteiger partial charge on any atom is 0.338 e. The van der Waals surface area contributed by atoms with Crippen molar-refractivity contribution in [2.75, 3.05) is 0 Å². The third-order valence-corrected chi connectivity index (χ3v) is 5.74. The first-order chi connectivity index (χ1) is 12.9. The Kier molecular flexibility index (Phi) is 5.77. The summed E-state index contributed by atoms with van der Waals surface area (Å²) in [6, 6.07) is 5.26. The Balaban J connectivity index is 1.62. The molecule has 1 amide bonds. The molecule has 1 saturated carbocycles. The molecule has 4 atom stereocenters. The van der Waals surface area contributed by atoms with Gasteiger partial charge in [0.15, 0.2) is 6.10 Å². The first kappa shape index (κ1) is 19.3. The highest BCUT2D eigenvalue weighted by atomic mass is 16.5. The van der Waals surface area contributed by atoms with Crippen molar-refractivity contribution < 1.29 is 14.3 Å². The molecule has 2 aromatic rings. The van der Waals surface area contributed by atoms with Crippen LogP contribution in [-0.4, -0.2) is 39.0 Å². The van der Waals surface area contributed by atoms with Crippen LogP contribution in [0.5, 0.6) is 0 Å². The van der Waals surface area contributed by atoms with E-state index in [4.69, 9.17) is 4.74 Å². The van der Waals surface area contributed by atoms with Crippen LogP contribution in [0.25, 0.3) is 11.0 Å². The van der Waals surface area contributed by atoms with E-state index in [-0.39, 0.29) is 11.9 Å². The van der Waals surface area contributed by atoms with Gasteiger partial charge in [0.05, 0.1) is 11.1 Å². The van der Waals surface area contributed by atoms with Crippen LogP contribution in [0.3, 0.4) is 0 Å². The van der Waals surface area contributed by atoms with Crippen LogP contribution >= 0.6 is 0 Å². The molecule has 1 aromatic carbocycles. The lowest BCUT2D eigenvalue weighted by Gasteiger charge is -2.35. The molecule has 3 rings (SSSR count). The van der Waals surface area contributed by atoms with Crippen LogP contribution in [0, 0.1) is 11.8 Å². The molecule has 1 aliphatic rings. The third-order valence-electron chi connectivity index (χ3n) is 5.74. The predicted molar refractivity (Wildman–Crippen MR) is 102 cm³/mol. The molecule has 27 heavy (non-hydrogen) atoms. The van der Waals surface area contributed by atoms with Crippen LogP contribution in [0.4, 0.5) is 0 Å². The number of esters is 1. The fraction of sp³-hybridized carbons (Fsp3) is 0.600. The summed E-state index contributed by atoms with van der Waals surface area (Å²) in [7, 11) is 0. The Morgan fingerprint density at radius 3 is 2.85 bits per heavy atom. The number of rotatable bonds is 5. The molecule has 0 spiro atoms. The molecular weight excluding hydrogens is 344 g/mol. The van der Waals surface area contributed by atoms with Crippen molar-refractivity contribution in [1.82, 2.24) is 20.3 Å². The van der Waals surface area contributed by atoms with Gasteiger partial charge in [-0.1, -0.05) is 31.9 Å². The molecule has 0 aliphatic heterocycles. The van der Waals surface area contributed by atoms with Crippen LogP contribution in [-0.2, 0) is 16.1 Å². The summed E-state index contributed by atoms with van der Waals surface area (Å²) in [6.07, 6.45) is 2.44. The van der Waals surface area contributed by atoms with Gasteiger partial charge in [-0.25, -0.2) is 9.48 Å². The summed E-state index contributed by atoms with van der Waals surface area (Å²) in [5.74, 6) is 0.238. The van der Waals surface area contributed by atoms with Crippen molar-refractivity contribution in [3.63, 3.8) is 0 Å². The average molecular weight is 372 g/mol. The Bertz CT molecular complexity index is 832. The van der Waals surface area contributed by atoms with E-state index in [1.807, 2.05) is 6.92 Å². The highest BCUT2D eigenvalue weighted by molar-refractivity contribution is 5.95. The van der Waals surface area contributed by atoms with Crippen LogP contribution < -0.4 is 5.32 Å². The molecule has 0 saturated heterocycles. The standard InChI is InChI=1S/C20H28N4O3/c1-5-24-18-10-9-15(11-17(18)22-23-24)20(26)27-14(4)19(25)21-16-8-6-7-12(2)13(16)3/h9-14,16H,5-8H2,1-4H3,(H,21,25)/t12-,13-,14-,16-/m1/s1. The summed E-state index contributed by atoms with van der Waals surface area (Å²) >= 11 is 0. The molecule has 1 N–H and O–H groups in total. The number of nitrogens with one attached hydrogen (secondary N) is 1. The van der Waals surface area contributed by atoms with Gasteiger partial charge in [-0.2, -0.15) is 0 Å². The predicted octanol–water partition coefficient (Wildman–Crippen LogP) is 2.94. The molecule has 0 unspecified atom stereocenters. The second kappa shape index (κ2) is 8.06. The molecule has 1 heterocycles. The van der Waals surface area contributed by atoms with Crippen molar-refractivity contribution in [2.24, 2.45) is 11.8 Å². The van der Waals surface area contributed by atoms with Gasteiger partial charge in [0.1, 0.15) is 5.52 Å². The Labute approximate surface area is 159 Å². The SMILES string of the molecule is CCn1nnc2cc(C(=O)O[C@H](C)C(=O)N[C@@H]3CCC[C@@H](C)[C@H]3C)ccc21. The van der Waals surface area contributed by atoms with Gasteiger partial charge in [-0.05, 0) is 50.3 Å². The molecule has 1 aromatic heterocycles. The van der Waals surface area contributed by atoms with E-state index in [9.17, 15) is 9.59 Å². The van der Waals surface area contributed by atoms with Crippen LogP contribution in [0.1, 0.15) is 57.3 Å². The van der Waals surface area contributed by atoms with Crippen molar-refractivity contribution in [3.8, 4) is 0 Å². The number of carbonyl (C=O) groups excluding carboxylic acids is 2. The number of hydrogen-bond donors (Lipinski definition) is 1. The fourth-order valence-electron chi connectivity index (χ4n) is 3.70.